The van der Waals surface area contributed by atoms with Gasteiger partial charge in [0, 0.05) is 5.56 Å². The molecule has 2 fully saturated rings. The number of hydrogen-bond donors (Lipinski definition) is 1. The van der Waals surface area contributed by atoms with Gasteiger partial charge in [0.05, 0.1) is 0 Å². The van der Waals surface area contributed by atoms with E-state index in [4.69, 9.17) is 4.74 Å². The average Bonchev–Trinajstić information content (AvgIpc) is 3.52. The lowest BCUT2D eigenvalue weighted by atomic mass is 9.90. The third-order valence-corrected chi connectivity index (χ3v) is 6.02. The molecule has 1 saturated heterocycles. The summed E-state index contributed by atoms with van der Waals surface area (Å²) in [6, 6.07) is 5.02. The zero-order valence-corrected chi connectivity index (χ0v) is 16.0. The van der Waals surface area contributed by atoms with Crippen molar-refractivity contribution in [2.75, 3.05) is 13.2 Å². The number of rotatable bonds is 6. The van der Waals surface area contributed by atoms with E-state index in [0.717, 1.165) is 37.0 Å². The molecule has 0 bridgehead atoms. The summed E-state index contributed by atoms with van der Waals surface area (Å²) in [5.74, 6) is -1.34. The second kappa shape index (κ2) is 7.04. The van der Waals surface area contributed by atoms with Crippen LogP contribution in [0.15, 0.2) is 18.2 Å². The van der Waals surface area contributed by atoms with Crippen LogP contribution in [-0.4, -0.2) is 47.3 Å². The number of nitrogens with one attached hydrogen (secondary N) is 1. The second-order valence-electron chi connectivity index (χ2n) is 8.07. The molecule has 1 aromatic carbocycles. The molecular formula is C21H24N2O5. The van der Waals surface area contributed by atoms with E-state index in [0.29, 0.717) is 5.56 Å². The highest BCUT2D eigenvalue weighted by Gasteiger charge is 2.56. The topological polar surface area (TPSA) is 92.8 Å². The third kappa shape index (κ3) is 3.41. The van der Waals surface area contributed by atoms with Crippen molar-refractivity contribution in [2.24, 2.45) is 5.92 Å². The molecule has 148 valence electrons. The van der Waals surface area contributed by atoms with Crippen LogP contribution in [-0.2, 0) is 27.2 Å². The Bertz CT molecular complexity index is 860. The number of esters is 1. The lowest BCUT2D eigenvalue weighted by Crippen LogP contribution is -2.46. The molecule has 7 heteroatoms. The predicted octanol–water partition coefficient (Wildman–Crippen LogP) is 2.01. The fourth-order valence-electron chi connectivity index (χ4n) is 4.11. The zero-order valence-electron chi connectivity index (χ0n) is 16.0. The van der Waals surface area contributed by atoms with E-state index in [-0.39, 0.29) is 11.7 Å². The van der Waals surface area contributed by atoms with Crippen molar-refractivity contribution < 1.29 is 23.9 Å². The largest absolute Gasteiger partial charge is 0.456 e. The van der Waals surface area contributed by atoms with Crippen molar-refractivity contribution in [3.63, 3.8) is 0 Å². The molecule has 0 aromatic heterocycles. The first kappa shape index (κ1) is 18.7. The van der Waals surface area contributed by atoms with Crippen LogP contribution in [0.2, 0.25) is 0 Å². The molecule has 3 aliphatic rings. The number of Topliss-reactive ketones (excluding diaryl/α,β-unsaturated/α-hetero) is 1. The quantitative estimate of drug-likeness (QED) is 0.460. The summed E-state index contributed by atoms with van der Waals surface area (Å²) in [6.45, 7) is 0.807. The highest BCUT2D eigenvalue weighted by molar-refractivity contribution is 6.09. The molecule has 1 aliphatic heterocycles. The molecule has 1 aromatic rings. The summed E-state index contributed by atoms with van der Waals surface area (Å²) in [7, 11) is 0. The summed E-state index contributed by atoms with van der Waals surface area (Å²) >= 11 is 0. The molecular weight excluding hydrogens is 360 g/mol. The third-order valence-electron chi connectivity index (χ3n) is 6.02. The van der Waals surface area contributed by atoms with Crippen LogP contribution in [0, 0.1) is 5.92 Å². The number of amides is 3. The minimum Gasteiger partial charge on any atom is -0.456 e. The van der Waals surface area contributed by atoms with Crippen molar-refractivity contribution in [3.8, 4) is 0 Å². The van der Waals surface area contributed by atoms with Crippen LogP contribution in [0.5, 0.6) is 0 Å². The van der Waals surface area contributed by atoms with Gasteiger partial charge in [-0.25, -0.2) is 4.79 Å². The van der Waals surface area contributed by atoms with Crippen molar-refractivity contribution in [3.05, 3.63) is 34.9 Å². The fourth-order valence-corrected chi connectivity index (χ4v) is 4.11. The van der Waals surface area contributed by atoms with Crippen LogP contribution >= 0.6 is 0 Å². The standard InChI is InChI=1S/C21H24N2O5/c1-21(16-8-9-16)19(26)23(20(27)22-21)11-18(25)28-12-17(24)15-7-6-13-4-2-3-5-14(13)10-15/h6-7,10,16H,2-5,8-9,11-12H2,1H3,(H,22,27)/t21-/m0/s1. The van der Waals surface area contributed by atoms with Gasteiger partial charge in [0.15, 0.2) is 12.4 Å². The van der Waals surface area contributed by atoms with Crippen LogP contribution < -0.4 is 5.32 Å². The summed E-state index contributed by atoms with van der Waals surface area (Å²) in [5.41, 5.74) is 2.04. The molecule has 0 radical (unpaired) electrons. The molecule has 1 N–H and O–H groups in total. The Kier molecular flexibility index (Phi) is 4.69. The summed E-state index contributed by atoms with van der Waals surface area (Å²) in [6.07, 6.45) is 6.05. The van der Waals surface area contributed by atoms with Gasteiger partial charge in [0.2, 0.25) is 0 Å². The highest BCUT2D eigenvalue weighted by atomic mass is 16.5. The number of urea groups is 1. The van der Waals surface area contributed by atoms with Crippen molar-refractivity contribution in [1.82, 2.24) is 10.2 Å². The molecule has 28 heavy (non-hydrogen) atoms. The number of imide groups is 1. The highest BCUT2D eigenvalue weighted by Crippen LogP contribution is 2.42. The molecule has 1 saturated carbocycles. The minimum absolute atomic E-state index is 0.121. The molecule has 4 rings (SSSR count). The van der Waals surface area contributed by atoms with Gasteiger partial charge in [-0.2, -0.15) is 0 Å². The van der Waals surface area contributed by atoms with Crippen LogP contribution in [0.25, 0.3) is 0 Å². The lowest BCUT2D eigenvalue weighted by Gasteiger charge is -2.20. The number of nitrogens with zero attached hydrogens (tertiary/aromatic N) is 1. The Balaban J connectivity index is 1.32. The first-order chi connectivity index (χ1) is 13.4. The average molecular weight is 384 g/mol. The van der Waals surface area contributed by atoms with Crippen molar-refractivity contribution in [1.29, 1.82) is 0 Å². The number of ketones is 1. The minimum atomic E-state index is -0.934. The number of fused-ring (bicyclic) bond motifs is 1. The van der Waals surface area contributed by atoms with E-state index in [9.17, 15) is 19.2 Å². The van der Waals surface area contributed by atoms with E-state index in [1.165, 1.54) is 17.5 Å². The number of hydrogen-bond acceptors (Lipinski definition) is 5. The Morgan fingerprint density at radius 2 is 1.89 bits per heavy atom. The summed E-state index contributed by atoms with van der Waals surface area (Å²) < 4.78 is 5.04. The molecule has 3 amide bonds. The fraction of sp³-hybridized carbons (Fsp3) is 0.524. The number of carbonyl (C=O) groups excluding carboxylic acids is 4. The number of carbonyl (C=O) groups is 4. The first-order valence-electron chi connectivity index (χ1n) is 9.83. The van der Waals surface area contributed by atoms with Crippen molar-refractivity contribution in [2.45, 2.75) is 51.0 Å². The number of ether oxygens (including phenoxy) is 1. The molecule has 1 heterocycles. The second-order valence-corrected chi connectivity index (χ2v) is 8.07. The van der Waals surface area contributed by atoms with E-state index in [1.54, 1.807) is 13.0 Å². The Labute approximate surface area is 163 Å². The van der Waals surface area contributed by atoms with E-state index in [1.807, 2.05) is 12.1 Å². The van der Waals surface area contributed by atoms with Crippen LogP contribution in [0.1, 0.15) is 54.1 Å². The number of aryl methyl sites for hydroxylation is 2. The summed E-state index contributed by atoms with van der Waals surface area (Å²) in [5, 5.41) is 2.68. The van der Waals surface area contributed by atoms with Crippen LogP contribution in [0.3, 0.4) is 0 Å². The van der Waals surface area contributed by atoms with Gasteiger partial charge >= 0.3 is 12.0 Å². The monoisotopic (exact) mass is 384 g/mol. The predicted molar refractivity (Wildman–Crippen MR) is 99.7 cm³/mol. The smallest absolute Gasteiger partial charge is 0.326 e. The van der Waals surface area contributed by atoms with Gasteiger partial charge in [-0.1, -0.05) is 12.1 Å². The molecule has 0 spiro atoms. The van der Waals surface area contributed by atoms with Gasteiger partial charge in [-0.15, -0.1) is 0 Å². The Morgan fingerprint density at radius 1 is 1.18 bits per heavy atom. The maximum atomic E-state index is 12.5. The van der Waals surface area contributed by atoms with Gasteiger partial charge in [-0.05, 0) is 68.6 Å². The SMILES string of the molecule is C[C@@]1(C2CC2)NC(=O)N(CC(=O)OCC(=O)c2ccc3c(c2)CCCC3)C1=O. The summed E-state index contributed by atoms with van der Waals surface area (Å²) in [4.78, 5) is 50.0. The van der Waals surface area contributed by atoms with Gasteiger partial charge in [0.1, 0.15) is 12.1 Å². The molecule has 7 nitrogen and oxygen atoms in total. The Hall–Kier alpha value is -2.70. The van der Waals surface area contributed by atoms with Crippen molar-refractivity contribution >= 4 is 23.7 Å². The molecule has 1 atom stereocenters. The van der Waals surface area contributed by atoms with Crippen LogP contribution in [0.4, 0.5) is 4.79 Å². The van der Waals surface area contributed by atoms with E-state index < -0.39 is 36.6 Å². The zero-order chi connectivity index (χ0) is 19.9. The first-order valence-corrected chi connectivity index (χ1v) is 9.83. The molecule has 0 unspecified atom stereocenters. The normalized spacial score (nSPS) is 24.0. The van der Waals surface area contributed by atoms with E-state index >= 15 is 0 Å². The Morgan fingerprint density at radius 3 is 2.61 bits per heavy atom. The number of benzene rings is 1. The van der Waals surface area contributed by atoms with Gasteiger partial charge in [0.25, 0.3) is 5.91 Å². The lowest BCUT2D eigenvalue weighted by molar-refractivity contribution is -0.146. The van der Waals surface area contributed by atoms with Gasteiger partial charge in [-0.3, -0.25) is 19.3 Å². The van der Waals surface area contributed by atoms with Gasteiger partial charge < -0.3 is 10.1 Å². The molecule has 2 aliphatic carbocycles. The van der Waals surface area contributed by atoms with E-state index in [2.05, 4.69) is 5.32 Å². The maximum Gasteiger partial charge on any atom is 0.326 e. The maximum absolute atomic E-state index is 12.5.